The van der Waals surface area contributed by atoms with E-state index in [2.05, 4.69) is 78.9 Å². The first-order valence-corrected chi connectivity index (χ1v) is 19.3. The van der Waals surface area contributed by atoms with Gasteiger partial charge in [0, 0.05) is 36.8 Å². The molecule has 0 aromatic heterocycles. The minimum Gasteiger partial charge on any atom is -0.413 e. The highest BCUT2D eigenvalue weighted by molar-refractivity contribution is 6.74. The third-order valence-corrected chi connectivity index (χ3v) is 13.8. The summed E-state index contributed by atoms with van der Waals surface area (Å²) < 4.78 is 32.7. The van der Waals surface area contributed by atoms with Crippen LogP contribution in [0.4, 0.5) is 0 Å². The van der Waals surface area contributed by atoms with Gasteiger partial charge < -0.3 is 28.2 Å². The third-order valence-electron chi connectivity index (χ3n) is 9.34. The fourth-order valence-electron chi connectivity index (χ4n) is 5.81. The number of ether oxygens (including phenoxy) is 4. The Morgan fingerprint density at radius 2 is 1.34 bits per heavy atom. The Morgan fingerprint density at radius 1 is 0.818 bits per heavy atom. The normalized spacial score (nSPS) is 28.2. The Hall–Kier alpha value is -2.13. The van der Waals surface area contributed by atoms with Gasteiger partial charge in [0.05, 0.1) is 30.5 Å². The molecule has 0 spiro atoms. The van der Waals surface area contributed by atoms with Crippen LogP contribution in [-0.2, 0) is 28.2 Å². The molecular formula is C37H54O6Si. The summed E-state index contributed by atoms with van der Waals surface area (Å²) in [7, 11) is -1.93. The quantitative estimate of drug-likeness (QED) is 0.134. The van der Waals surface area contributed by atoms with Crippen LogP contribution >= 0.6 is 0 Å². The molecule has 2 aliphatic rings. The fraction of sp³-hybridized carbons (Fsp3) is 0.595. The maximum atomic E-state index is 11.4. The molecular weight excluding hydrogens is 568 g/mol. The Morgan fingerprint density at radius 3 is 1.86 bits per heavy atom. The second-order valence-corrected chi connectivity index (χ2v) is 19.1. The van der Waals surface area contributed by atoms with E-state index in [-0.39, 0.29) is 41.5 Å². The molecule has 2 heterocycles. The van der Waals surface area contributed by atoms with Crippen molar-refractivity contribution in [1.82, 2.24) is 0 Å². The van der Waals surface area contributed by atoms with Crippen molar-refractivity contribution in [3.8, 4) is 0 Å². The summed E-state index contributed by atoms with van der Waals surface area (Å²) in [6, 6.07) is 20.1. The summed E-state index contributed by atoms with van der Waals surface area (Å²) >= 11 is 0. The number of aldehydes is 1. The van der Waals surface area contributed by atoms with E-state index in [0.29, 0.717) is 25.2 Å². The van der Waals surface area contributed by atoms with Gasteiger partial charge in [-0.25, -0.2) is 0 Å². The lowest BCUT2D eigenvalue weighted by atomic mass is 9.93. The number of benzene rings is 2. The highest BCUT2D eigenvalue weighted by Gasteiger charge is 2.41. The van der Waals surface area contributed by atoms with Crippen LogP contribution in [0.2, 0.25) is 18.1 Å². The van der Waals surface area contributed by atoms with E-state index >= 15 is 0 Å². The largest absolute Gasteiger partial charge is 0.413 e. The summed E-state index contributed by atoms with van der Waals surface area (Å²) in [5, 5.41) is 0.153. The number of carbonyl (C=O) groups excluding carboxylic acids is 1. The van der Waals surface area contributed by atoms with E-state index < -0.39 is 20.9 Å². The standard InChI is InChI=1S/C37H54O6Si/c1-26(2)34(43-44(7,8)37(4,5)6)27(3)19-20-30-23-32(41-35(39-30)28-15-11-9-12-16-28)25-33-24-31(21-22-38)40-36(42-33)29-17-13-10-14-18-29/h9-20,22,26-27,30-36H,21,23-25H2,1-8H3/b20-19+/t27-,30-,31-,32-,33-,34-,35-,36-/m0/s1. The lowest BCUT2D eigenvalue weighted by Gasteiger charge is -2.42. The molecule has 0 bridgehead atoms. The zero-order valence-corrected chi connectivity index (χ0v) is 29.0. The van der Waals surface area contributed by atoms with E-state index in [1.165, 1.54) is 0 Å². The van der Waals surface area contributed by atoms with Crippen molar-refractivity contribution in [3.63, 3.8) is 0 Å². The molecule has 2 aromatic carbocycles. The van der Waals surface area contributed by atoms with Crippen molar-refractivity contribution in [2.75, 3.05) is 0 Å². The molecule has 8 atom stereocenters. The highest BCUT2D eigenvalue weighted by atomic mass is 28.4. The number of hydrogen-bond donors (Lipinski definition) is 0. The average Bonchev–Trinajstić information content (AvgIpc) is 2.99. The highest BCUT2D eigenvalue weighted by Crippen LogP contribution is 2.40. The number of rotatable bonds is 12. The van der Waals surface area contributed by atoms with Crippen molar-refractivity contribution < 1.29 is 28.2 Å². The van der Waals surface area contributed by atoms with E-state index in [9.17, 15) is 4.79 Å². The van der Waals surface area contributed by atoms with Gasteiger partial charge in [-0.15, -0.1) is 0 Å². The molecule has 2 aromatic rings. The first-order valence-electron chi connectivity index (χ1n) is 16.4. The average molecular weight is 623 g/mol. The molecule has 0 radical (unpaired) electrons. The summed E-state index contributed by atoms with van der Waals surface area (Å²) in [4.78, 5) is 11.4. The van der Waals surface area contributed by atoms with Crippen LogP contribution in [-0.4, -0.2) is 45.1 Å². The van der Waals surface area contributed by atoms with Crippen LogP contribution in [0.5, 0.6) is 0 Å². The zero-order chi connectivity index (χ0) is 31.9. The molecule has 2 aliphatic heterocycles. The van der Waals surface area contributed by atoms with Crippen LogP contribution < -0.4 is 0 Å². The SMILES string of the molecule is CC(C)[C@H](O[Si](C)(C)C(C)(C)C)[C@@H](C)/C=C/[C@H]1C[C@@H](C[C@@H]2C[C@H](CC=O)O[C@H](c3ccccc3)O2)O[C@@H](c2ccccc2)O1. The molecule has 242 valence electrons. The molecule has 0 unspecified atom stereocenters. The third kappa shape index (κ3) is 9.44. The monoisotopic (exact) mass is 622 g/mol. The molecule has 7 heteroatoms. The van der Waals surface area contributed by atoms with Crippen molar-refractivity contribution in [2.45, 2.75) is 128 Å². The maximum Gasteiger partial charge on any atom is 0.192 e. The Kier molecular flexibility index (Phi) is 12.2. The van der Waals surface area contributed by atoms with Crippen LogP contribution in [0.15, 0.2) is 72.8 Å². The molecule has 0 amide bonds. The van der Waals surface area contributed by atoms with Crippen LogP contribution in [0.1, 0.15) is 90.9 Å². The molecule has 2 fully saturated rings. The number of hydrogen-bond acceptors (Lipinski definition) is 6. The molecule has 2 saturated heterocycles. The van der Waals surface area contributed by atoms with Gasteiger partial charge in [-0.2, -0.15) is 0 Å². The summed E-state index contributed by atoms with van der Waals surface area (Å²) in [5.74, 6) is 0.630. The van der Waals surface area contributed by atoms with Gasteiger partial charge in [0.15, 0.2) is 20.9 Å². The topological polar surface area (TPSA) is 63.2 Å². The van der Waals surface area contributed by atoms with E-state index in [0.717, 1.165) is 23.8 Å². The van der Waals surface area contributed by atoms with Gasteiger partial charge in [0.2, 0.25) is 0 Å². The van der Waals surface area contributed by atoms with Crippen molar-refractivity contribution in [2.24, 2.45) is 11.8 Å². The molecule has 6 nitrogen and oxygen atoms in total. The summed E-state index contributed by atoms with van der Waals surface area (Å²) in [6.07, 6.45) is 6.51. The molecule has 0 aliphatic carbocycles. The van der Waals surface area contributed by atoms with Crippen LogP contribution in [0.25, 0.3) is 0 Å². The Labute approximate surface area is 266 Å². The minimum atomic E-state index is -1.93. The maximum absolute atomic E-state index is 11.4. The molecule has 0 N–H and O–H groups in total. The zero-order valence-electron chi connectivity index (χ0n) is 28.0. The van der Waals surface area contributed by atoms with Crippen LogP contribution in [0.3, 0.4) is 0 Å². The van der Waals surface area contributed by atoms with Gasteiger partial charge in [-0.1, -0.05) is 114 Å². The molecule has 0 saturated carbocycles. The van der Waals surface area contributed by atoms with Gasteiger partial charge in [0.25, 0.3) is 0 Å². The van der Waals surface area contributed by atoms with Gasteiger partial charge in [-0.3, -0.25) is 0 Å². The fourth-order valence-corrected chi connectivity index (χ4v) is 7.33. The predicted octanol–water partition coefficient (Wildman–Crippen LogP) is 8.95. The van der Waals surface area contributed by atoms with E-state index in [4.69, 9.17) is 23.4 Å². The van der Waals surface area contributed by atoms with E-state index in [1.54, 1.807) is 0 Å². The first-order chi connectivity index (χ1) is 20.9. The van der Waals surface area contributed by atoms with Gasteiger partial charge >= 0.3 is 0 Å². The Balaban J connectivity index is 1.50. The van der Waals surface area contributed by atoms with Crippen molar-refractivity contribution >= 4 is 14.6 Å². The summed E-state index contributed by atoms with van der Waals surface area (Å²) in [6.45, 7) is 18.3. The minimum absolute atomic E-state index is 0.0836. The lowest BCUT2D eigenvalue weighted by molar-refractivity contribution is -0.272. The lowest BCUT2D eigenvalue weighted by Crippen LogP contribution is -2.46. The van der Waals surface area contributed by atoms with E-state index in [1.807, 2.05) is 48.5 Å². The van der Waals surface area contributed by atoms with Gasteiger partial charge in [0.1, 0.15) is 6.29 Å². The van der Waals surface area contributed by atoms with Crippen LogP contribution in [0, 0.1) is 11.8 Å². The van der Waals surface area contributed by atoms with Crippen molar-refractivity contribution in [1.29, 1.82) is 0 Å². The second-order valence-electron chi connectivity index (χ2n) is 14.4. The predicted molar refractivity (Wildman–Crippen MR) is 178 cm³/mol. The first kappa shape index (κ1) is 34.7. The second kappa shape index (κ2) is 15.4. The summed E-state index contributed by atoms with van der Waals surface area (Å²) in [5.41, 5.74) is 1.96. The van der Waals surface area contributed by atoms with Gasteiger partial charge in [-0.05, 0) is 30.0 Å². The number of carbonyl (C=O) groups is 1. The Bertz CT molecular complexity index is 1180. The van der Waals surface area contributed by atoms with Crippen molar-refractivity contribution in [3.05, 3.63) is 83.9 Å². The molecule has 44 heavy (non-hydrogen) atoms. The smallest absolute Gasteiger partial charge is 0.192 e. The molecule has 4 rings (SSSR count).